The molecule has 4 nitrogen and oxygen atoms in total. The van der Waals surface area contributed by atoms with E-state index in [-0.39, 0.29) is 5.82 Å². The smallest absolute Gasteiger partial charge is 0.181 e. The molecule has 0 unspecified atom stereocenters. The van der Waals surface area contributed by atoms with Crippen LogP contribution in [-0.2, 0) is 6.61 Å². The number of ether oxygens (including phenoxy) is 1. The topological polar surface area (TPSA) is 38.6 Å². The van der Waals surface area contributed by atoms with Gasteiger partial charge in [-0.15, -0.1) is 0 Å². The van der Waals surface area contributed by atoms with E-state index >= 15 is 0 Å². The van der Waals surface area contributed by atoms with Gasteiger partial charge in [-0.1, -0.05) is 61.7 Å². The number of fused-ring (bicyclic) bond motifs is 1. The van der Waals surface area contributed by atoms with E-state index in [2.05, 4.69) is 5.32 Å². The van der Waals surface area contributed by atoms with E-state index < -0.39 is 0 Å². The predicted molar refractivity (Wildman–Crippen MR) is 122 cm³/mol. The standard InChI is InChI=1S/C26H26FN3O/c27-22-15-8-7-14-21(22)24-26(28-20-12-5-2-6-13-20)30-17-9-16-23(25(30)29-24)31-18-19-10-3-1-4-11-19/h1,3-4,7-11,14-17,20,28H,2,5-6,12-13,18H2. The van der Waals surface area contributed by atoms with Gasteiger partial charge in [0.05, 0.1) is 0 Å². The number of rotatable bonds is 6. The lowest BCUT2D eigenvalue weighted by Crippen LogP contribution is -2.23. The molecule has 31 heavy (non-hydrogen) atoms. The number of hydrogen-bond acceptors (Lipinski definition) is 3. The molecule has 158 valence electrons. The average Bonchev–Trinajstić information content (AvgIpc) is 3.18. The second-order valence-electron chi connectivity index (χ2n) is 8.11. The lowest BCUT2D eigenvalue weighted by atomic mass is 9.95. The number of anilines is 1. The van der Waals surface area contributed by atoms with E-state index in [0.717, 1.165) is 24.2 Å². The zero-order valence-electron chi connectivity index (χ0n) is 17.4. The van der Waals surface area contributed by atoms with Crippen LogP contribution in [0.15, 0.2) is 72.9 Å². The van der Waals surface area contributed by atoms with Crippen LogP contribution in [0.3, 0.4) is 0 Å². The first-order valence-electron chi connectivity index (χ1n) is 11.0. The molecule has 0 bridgehead atoms. The molecule has 2 aromatic carbocycles. The van der Waals surface area contributed by atoms with Gasteiger partial charge in [0.25, 0.3) is 0 Å². The molecule has 0 saturated heterocycles. The number of imidazole rings is 1. The van der Waals surface area contributed by atoms with Gasteiger partial charge in [0.1, 0.15) is 23.9 Å². The van der Waals surface area contributed by atoms with Gasteiger partial charge < -0.3 is 10.1 Å². The summed E-state index contributed by atoms with van der Waals surface area (Å²) in [6.07, 6.45) is 7.92. The Balaban J connectivity index is 1.56. The van der Waals surface area contributed by atoms with Gasteiger partial charge in [0.15, 0.2) is 11.4 Å². The van der Waals surface area contributed by atoms with Crippen LogP contribution < -0.4 is 10.1 Å². The van der Waals surface area contributed by atoms with Crippen LogP contribution in [0, 0.1) is 5.82 Å². The van der Waals surface area contributed by atoms with Crippen molar-refractivity contribution < 1.29 is 9.13 Å². The van der Waals surface area contributed by atoms with Crippen molar-refractivity contribution in [2.24, 2.45) is 0 Å². The first-order valence-corrected chi connectivity index (χ1v) is 11.0. The fourth-order valence-corrected chi connectivity index (χ4v) is 4.31. The molecule has 0 spiro atoms. The number of benzene rings is 2. The van der Waals surface area contributed by atoms with E-state index in [1.807, 2.05) is 59.1 Å². The van der Waals surface area contributed by atoms with Crippen molar-refractivity contribution in [3.05, 3.63) is 84.3 Å². The van der Waals surface area contributed by atoms with Crippen molar-refractivity contribution >= 4 is 11.5 Å². The third-order valence-corrected chi connectivity index (χ3v) is 5.93. The van der Waals surface area contributed by atoms with Gasteiger partial charge in [-0.05, 0) is 42.7 Å². The Morgan fingerprint density at radius 2 is 1.71 bits per heavy atom. The number of hydrogen-bond donors (Lipinski definition) is 1. The third kappa shape index (κ3) is 4.13. The number of pyridine rings is 1. The fourth-order valence-electron chi connectivity index (χ4n) is 4.31. The van der Waals surface area contributed by atoms with Crippen molar-refractivity contribution in [3.8, 4) is 17.0 Å². The summed E-state index contributed by atoms with van der Waals surface area (Å²) in [6, 6.07) is 21.1. The van der Waals surface area contributed by atoms with E-state index in [4.69, 9.17) is 9.72 Å². The second-order valence-corrected chi connectivity index (χ2v) is 8.11. The Labute approximate surface area is 181 Å². The summed E-state index contributed by atoms with van der Waals surface area (Å²) < 4.78 is 22.8. The summed E-state index contributed by atoms with van der Waals surface area (Å²) in [5.41, 5.74) is 2.90. The van der Waals surface area contributed by atoms with Gasteiger partial charge in [0, 0.05) is 17.8 Å². The van der Waals surface area contributed by atoms with Gasteiger partial charge in [-0.25, -0.2) is 9.37 Å². The van der Waals surface area contributed by atoms with Crippen molar-refractivity contribution in [3.63, 3.8) is 0 Å². The predicted octanol–water partition coefficient (Wildman–Crippen LogP) is 6.46. The molecule has 1 aliphatic carbocycles. The monoisotopic (exact) mass is 415 g/mol. The summed E-state index contributed by atoms with van der Waals surface area (Å²) in [5, 5.41) is 3.68. The maximum atomic E-state index is 14.7. The Hall–Kier alpha value is -3.34. The Bertz CT molecular complexity index is 1170. The largest absolute Gasteiger partial charge is 0.485 e. The second kappa shape index (κ2) is 8.80. The molecule has 5 rings (SSSR count). The molecule has 2 aromatic heterocycles. The highest BCUT2D eigenvalue weighted by atomic mass is 19.1. The SMILES string of the molecule is Fc1ccccc1-c1nc2c(OCc3ccccc3)cccn2c1NC1CCCCC1. The minimum atomic E-state index is -0.274. The van der Waals surface area contributed by atoms with Crippen LogP contribution >= 0.6 is 0 Å². The van der Waals surface area contributed by atoms with E-state index in [1.54, 1.807) is 12.1 Å². The molecule has 5 heteroatoms. The summed E-state index contributed by atoms with van der Waals surface area (Å²) in [4.78, 5) is 4.86. The molecule has 1 N–H and O–H groups in total. The van der Waals surface area contributed by atoms with Gasteiger partial charge in [-0.2, -0.15) is 0 Å². The number of nitrogens with one attached hydrogen (secondary N) is 1. The molecule has 0 radical (unpaired) electrons. The van der Waals surface area contributed by atoms with Gasteiger partial charge >= 0.3 is 0 Å². The van der Waals surface area contributed by atoms with E-state index in [9.17, 15) is 4.39 Å². The Morgan fingerprint density at radius 1 is 0.935 bits per heavy atom. The molecular formula is C26H26FN3O. The normalized spacial score (nSPS) is 14.6. The quantitative estimate of drug-likeness (QED) is 0.392. The molecule has 2 heterocycles. The highest BCUT2D eigenvalue weighted by Crippen LogP contribution is 2.35. The maximum absolute atomic E-state index is 14.7. The van der Waals surface area contributed by atoms with Crippen LogP contribution in [0.1, 0.15) is 37.7 Å². The van der Waals surface area contributed by atoms with Crippen LogP contribution in [0.25, 0.3) is 16.9 Å². The average molecular weight is 416 g/mol. The number of nitrogens with zero attached hydrogens (tertiary/aromatic N) is 2. The number of aromatic nitrogens is 2. The first kappa shape index (κ1) is 19.6. The molecule has 0 amide bonds. The van der Waals surface area contributed by atoms with Crippen LogP contribution in [0.2, 0.25) is 0 Å². The zero-order chi connectivity index (χ0) is 21.0. The summed E-state index contributed by atoms with van der Waals surface area (Å²) in [7, 11) is 0. The minimum Gasteiger partial charge on any atom is -0.485 e. The minimum absolute atomic E-state index is 0.274. The number of halogens is 1. The lowest BCUT2D eigenvalue weighted by Gasteiger charge is -2.24. The molecule has 1 saturated carbocycles. The molecule has 1 fully saturated rings. The summed E-state index contributed by atoms with van der Waals surface area (Å²) in [5.74, 6) is 1.24. The Morgan fingerprint density at radius 3 is 2.52 bits per heavy atom. The van der Waals surface area contributed by atoms with Crippen LogP contribution in [-0.4, -0.2) is 15.4 Å². The molecule has 1 aliphatic rings. The van der Waals surface area contributed by atoms with Crippen LogP contribution in [0.4, 0.5) is 10.2 Å². The van der Waals surface area contributed by atoms with Gasteiger partial charge in [0.2, 0.25) is 0 Å². The molecule has 4 aromatic rings. The zero-order valence-corrected chi connectivity index (χ0v) is 17.4. The van der Waals surface area contributed by atoms with Crippen molar-refractivity contribution in [1.29, 1.82) is 0 Å². The molecule has 0 atom stereocenters. The van der Waals surface area contributed by atoms with E-state index in [1.165, 1.54) is 25.3 Å². The summed E-state index contributed by atoms with van der Waals surface area (Å²) >= 11 is 0. The Kier molecular flexibility index (Phi) is 5.57. The van der Waals surface area contributed by atoms with Crippen molar-refractivity contribution in [2.45, 2.75) is 44.8 Å². The lowest BCUT2D eigenvalue weighted by molar-refractivity contribution is 0.308. The maximum Gasteiger partial charge on any atom is 0.181 e. The highest BCUT2D eigenvalue weighted by Gasteiger charge is 2.22. The van der Waals surface area contributed by atoms with Crippen molar-refractivity contribution in [2.75, 3.05) is 5.32 Å². The van der Waals surface area contributed by atoms with Crippen molar-refractivity contribution in [1.82, 2.24) is 9.38 Å². The highest BCUT2D eigenvalue weighted by molar-refractivity contribution is 5.79. The van der Waals surface area contributed by atoms with Crippen LogP contribution in [0.5, 0.6) is 5.75 Å². The van der Waals surface area contributed by atoms with E-state index in [0.29, 0.717) is 35.3 Å². The molecular weight excluding hydrogens is 389 g/mol. The third-order valence-electron chi connectivity index (χ3n) is 5.93. The van der Waals surface area contributed by atoms with Gasteiger partial charge in [-0.3, -0.25) is 4.40 Å². The molecule has 0 aliphatic heterocycles. The fraction of sp³-hybridized carbons (Fsp3) is 0.269. The summed E-state index contributed by atoms with van der Waals surface area (Å²) in [6.45, 7) is 0.452. The first-order chi connectivity index (χ1) is 15.3.